The van der Waals surface area contributed by atoms with E-state index in [0.717, 1.165) is 28.1 Å². The Bertz CT molecular complexity index is 382. The van der Waals surface area contributed by atoms with Gasteiger partial charge in [-0.2, -0.15) is 0 Å². The van der Waals surface area contributed by atoms with Crippen LogP contribution >= 0.6 is 11.6 Å². The summed E-state index contributed by atoms with van der Waals surface area (Å²) >= 11 is 6.12. The number of halogens is 1. The van der Waals surface area contributed by atoms with Crippen molar-refractivity contribution in [1.29, 1.82) is 0 Å². The second-order valence-corrected chi connectivity index (χ2v) is 4.07. The van der Waals surface area contributed by atoms with Crippen molar-refractivity contribution in [3.05, 3.63) is 33.8 Å². The normalized spacial score (nSPS) is 20.5. The van der Waals surface area contributed by atoms with Crippen molar-refractivity contribution in [3.63, 3.8) is 0 Å². The largest absolute Gasteiger partial charge is 0.294 e. The van der Waals surface area contributed by atoms with Gasteiger partial charge in [-0.15, -0.1) is 0 Å². The molecule has 0 N–H and O–H groups in total. The van der Waals surface area contributed by atoms with Gasteiger partial charge >= 0.3 is 0 Å². The van der Waals surface area contributed by atoms with Crippen molar-refractivity contribution < 1.29 is 4.79 Å². The second kappa shape index (κ2) is 2.85. The molecular weight excluding hydrogens is 184 g/mol. The minimum atomic E-state index is 0.106. The van der Waals surface area contributed by atoms with Gasteiger partial charge in [0.2, 0.25) is 0 Å². The molecule has 0 saturated carbocycles. The van der Waals surface area contributed by atoms with Crippen LogP contribution in [0.5, 0.6) is 0 Å². The maximum absolute atomic E-state index is 11.6. The molecule has 0 saturated heterocycles. The number of carbonyl (C=O) groups is 1. The number of fused-ring (bicyclic) bond motifs is 1. The number of carbonyl (C=O) groups excluding carboxylic acids is 1. The lowest BCUT2D eigenvalue weighted by molar-refractivity contribution is 0.0946. The van der Waals surface area contributed by atoms with Crippen molar-refractivity contribution in [2.45, 2.75) is 20.3 Å². The molecule has 1 aliphatic carbocycles. The number of Topliss-reactive ketones (excluding diaryl/α,β-unsaturated/α-hetero) is 1. The summed E-state index contributed by atoms with van der Waals surface area (Å²) in [5, 5.41) is 0.773. The molecule has 1 aliphatic rings. The fourth-order valence-corrected chi connectivity index (χ4v) is 2.08. The van der Waals surface area contributed by atoms with Crippen LogP contribution in [0.25, 0.3) is 0 Å². The van der Waals surface area contributed by atoms with Crippen molar-refractivity contribution in [2.75, 3.05) is 0 Å². The quantitative estimate of drug-likeness (QED) is 0.621. The Morgan fingerprint density at radius 3 is 2.85 bits per heavy atom. The lowest BCUT2D eigenvalue weighted by atomic mass is 10.1. The number of ketones is 1. The minimum Gasteiger partial charge on any atom is -0.294 e. The smallest absolute Gasteiger partial charge is 0.166 e. The molecule has 1 aromatic rings. The van der Waals surface area contributed by atoms with Gasteiger partial charge in [0.15, 0.2) is 5.78 Å². The molecule has 1 atom stereocenters. The zero-order valence-corrected chi connectivity index (χ0v) is 8.48. The first kappa shape index (κ1) is 8.76. The summed E-state index contributed by atoms with van der Waals surface area (Å²) in [4.78, 5) is 11.6. The summed E-state index contributed by atoms with van der Waals surface area (Å²) in [6.45, 7) is 3.92. The topological polar surface area (TPSA) is 17.1 Å². The van der Waals surface area contributed by atoms with Gasteiger partial charge in [0.25, 0.3) is 0 Å². The Labute approximate surface area is 82.7 Å². The number of hydrogen-bond donors (Lipinski definition) is 0. The van der Waals surface area contributed by atoms with Gasteiger partial charge in [0, 0.05) is 16.5 Å². The van der Waals surface area contributed by atoms with Crippen LogP contribution in [0.1, 0.15) is 28.4 Å². The Kier molecular flexibility index (Phi) is 1.92. The van der Waals surface area contributed by atoms with Crippen molar-refractivity contribution in [2.24, 2.45) is 5.92 Å². The van der Waals surface area contributed by atoms with Gasteiger partial charge in [-0.1, -0.05) is 30.7 Å². The summed E-state index contributed by atoms with van der Waals surface area (Å²) in [5.41, 5.74) is 2.92. The summed E-state index contributed by atoms with van der Waals surface area (Å²) in [6, 6.07) is 3.81. The van der Waals surface area contributed by atoms with Gasteiger partial charge in [-0.05, 0) is 24.5 Å². The fourth-order valence-electron chi connectivity index (χ4n) is 1.83. The Morgan fingerprint density at radius 2 is 2.15 bits per heavy atom. The molecule has 0 radical (unpaired) electrons. The monoisotopic (exact) mass is 194 g/mol. The van der Waals surface area contributed by atoms with Crippen LogP contribution in [0.15, 0.2) is 12.1 Å². The Balaban J connectivity index is 2.64. The molecule has 1 aromatic carbocycles. The molecule has 0 aliphatic heterocycles. The highest BCUT2D eigenvalue weighted by Gasteiger charge is 2.28. The molecule has 0 amide bonds. The fraction of sp³-hybridized carbons (Fsp3) is 0.364. The third-order valence-corrected chi connectivity index (χ3v) is 3.19. The van der Waals surface area contributed by atoms with E-state index in [2.05, 4.69) is 0 Å². The van der Waals surface area contributed by atoms with Gasteiger partial charge in [-0.3, -0.25) is 4.79 Å². The van der Waals surface area contributed by atoms with E-state index in [1.807, 2.05) is 26.0 Å². The van der Waals surface area contributed by atoms with Crippen molar-refractivity contribution in [1.82, 2.24) is 0 Å². The van der Waals surface area contributed by atoms with Crippen molar-refractivity contribution >= 4 is 17.4 Å². The minimum absolute atomic E-state index is 0.106. The molecule has 68 valence electrons. The molecular formula is C11H11ClO. The van der Waals surface area contributed by atoms with Gasteiger partial charge in [0.05, 0.1) is 0 Å². The van der Waals surface area contributed by atoms with Gasteiger partial charge < -0.3 is 0 Å². The third-order valence-electron chi connectivity index (χ3n) is 2.66. The van der Waals surface area contributed by atoms with Crippen LogP contribution in [-0.4, -0.2) is 5.78 Å². The molecule has 2 heteroatoms. The number of hydrogen-bond acceptors (Lipinski definition) is 1. The predicted octanol–water partition coefficient (Wildman–Crippen LogP) is 3.02. The second-order valence-electron chi connectivity index (χ2n) is 3.69. The van der Waals surface area contributed by atoms with Gasteiger partial charge in [-0.25, -0.2) is 0 Å². The van der Waals surface area contributed by atoms with E-state index >= 15 is 0 Å². The molecule has 0 fully saturated rings. The highest BCUT2D eigenvalue weighted by atomic mass is 35.5. The lowest BCUT2D eigenvalue weighted by Crippen LogP contribution is -2.02. The highest BCUT2D eigenvalue weighted by molar-refractivity contribution is 6.33. The van der Waals surface area contributed by atoms with Crippen LogP contribution in [-0.2, 0) is 6.42 Å². The van der Waals surface area contributed by atoms with Gasteiger partial charge in [0.1, 0.15) is 0 Å². The van der Waals surface area contributed by atoms with E-state index in [9.17, 15) is 4.79 Å². The summed E-state index contributed by atoms with van der Waals surface area (Å²) < 4.78 is 0. The number of aryl methyl sites for hydroxylation is 1. The van der Waals surface area contributed by atoms with Crippen LogP contribution in [0.3, 0.4) is 0 Å². The maximum atomic E-state index is 11.6. The van der Waals surface area contributed by atoms with E-state index in [0.29, 0.717) is 0 Å². The first-order valence-electron chi connectivity index (χ1n) is 4.43. The average molecular weight is 195 g/mol. The third kappa shape index (κ3) is 1.19. The van der Waals surface area contributed by atoms with E-state index < -0.39 is 0 Å². The summed E-state index contributed by atoms with van der Waals surface area (Å²) in [5.74, 6) is 0.339. The SMILES string of the molecule is Cc1ccc2c(c1Cl)CC(C)C2=O. The molecule has 13 heavy (non-hydrogen) atoms. The van der Waals surface area contributed by atoms with Crippen LogP contribution in [0.4, 0.5) is 0 Å². The molecule has 0 bridgehead atoms. The number of benzene rings is 1. The first-order chi connectivity index (χ1) is 6.11. The lowest BCUT2D eigenvalue weighted by Gasteiger charge is -2.03. The average Bonchev–Trinajstić information content (AvgIpc) is 2.38. The zero-order valence-electron chi connectivity index (χ0n) is 7.73. The Morgan fingerprint density at radius 1 is 1.46 bits per heavy atom. The predicted molar refractivity (Wildman–Crippen MR) is 53.4 cm³/mol. The molecule has 0 spiro atoms. The molecule has 0 aromatic heterocycles. The molecule has 1 unspecified atom stereocenters. The Hall–Kier alpha value is -0.820. The van der Waals surface area contributed by atoms with Crippen molar-refractivity contribution in [3.8, 4) is 0 Å². The number of rotatable bonds is 0. The highest BCUT2D eigenvalue weighted by Crippen LogP contribution is 2.33. The van der Waals surface area contributed by atoms with E-state index in [1.165, 1.54) is 0 Å². The summed E-state index contributed by atoms with van der Waals surface area (Å²) in [7, 11) is 0. The van der Waals surface area contributed by atoms with Crippen LogP contribution in [0, 0.1) is 12.8 Å². The standard InChI is InChI=1S/C11H11ClO/c1-6-3-4-8-9(10(6)12)5-7(2)11(8)13/h3-4,7H,5H2,1-2H3. The zero-order chi connectivity index (χ0) is 9.59. The molecule has 2 rings (SSSR count). The van der Waals surface area contributed by atoms with Crippen LogP contribution < -0.4 is 0 Å². The first-order valence-corrected chi connectivity index (χ1v) is 4.81. The summed E-state index contributed by atoms with van der Waals surface area (Å²) in [6.07, 6.45) is 0.800. The molecule has 1 nitrogen and oxygen atoms in total. The molecule has 0 heterocycles. The van der Waals surface area contributed by atoms with E-state index in [1.54, 1.807) is 0 Å². The maximum Gasteiger partial charge on any atom is 0.166 e. The van der Waals surface area contributed by atoms with E-state index in [4.69, 9.17) is 11.6 Å². The van der Waals surface area contributed by atoms with Crippen LogP contribution in [0.2, 0.25) is 5.02 Å². The van der Waals surface area contributed by atoms with E-state index in [-0.39, 0.29) is 11.7 Å².